The predicted octanol–water partition coefficient (Wildman–Crippen LogP) is 3.23. The lowest BCUT2D eigenvalue weighted by Crippen LogP contribution is -2.14. The Balaban J connectivity index is 1.73. The highest BCUT2D eigenvalue weighted by atomic mass is 16.1. The molecule has 5 nitrogen and oxygen atoms in total. The number of aryl methyl sites for hydroxylation is 3. The van der Waals surface area contributed by atoms with E-state index in [1.165, 1.54) is 0 Å². The van der Waals surface area contributed by atoms with Gasteiger partial charge in [-0.05, 0) is 51.0 Å². The van der Waals surface area contributed by atoms with Crippen LogP contribution in [0.5, 0.6) is 0 Å². The first-order valence-corrected chi connectivity index (χ1v) is 7.45. The van der Waals surface area contributed by atoms with Gasteiger partial charge >= 0.3 is 0 Å². The van der Waals surface area contributed by atoms with Crippen LogP contribution < -0.4 is 10.6 Å². The first-order valence-electron chi connectivity index (χ1n) is 7.45. The molecule has 1 aromatic heterocycles. The maximum atomic E-state index is 11.9. The molecule has 0 aliphatic carbocycles. The van der Waals surface area contributed by atoms with E-state index in [1.54, 1.807) is 0 Å². The van der Waals surface area contributed by atoms with Gasteiger partial charge in [-0.3, -0.25) is 4.79 Å². The molecule has 22 heavy (non-hydrogen) atoms. The maximum Gasteiger partial charge on any atom is 0.224 e. The average molecular weight is 298 g/mol. The Morgan fingerprint density at radius 3 is 2.50 bits per heavy atom. The van der Waals surface area contributed by atoms with Crippen LogP contribution in [0.15, 0.2) is 30.3 Å². The fourth-order valence-corrected chi connectivity index (χ4v) is 2.20. The minimum atomic E-state index is 0.0220. The van der Waals surface area contributed by atoms with E-state index in [9.17, 15) is 4.79 Å². The van der Waals surface area contributed by atoms with Crippen molar-refractivity contribution in [2.45, 2.75) is 33.6 Å². The third kappa shape index (κ3) is 5.16. The zero-order chi connectivity index (χ0) is 15.9. The van der Waals surface area contributed by atoms with Gasteiger partial charge in [0, 0.05) is 30.0 Å². The molecule has 116 valence electrons. The summed E-state index contributed by atoms with van der Waals surface area (Å²) in [4.78, 5) is 20.5. The molecule has 0 bridgehead atoms. The topological polar surface area (TPSA) is 66.9 Å². The molecule has 2 rings (SSSR count). The van der Waals surface area contributed by atoms with Crippen LogP contribution in [0.4, 0.5) is 11.6 Å². The highest BCUT2D eigenvalue weighted by Gasteiger charge is 2.03. The van der Waals surface area contributed by atoms with Crippen molar-refractivity contribution in [1.82, 2.24) is 9.97 Å². The van der Waals surface area contributed by atoms with Crippen molar-refractivity contribution in [3.8, 4) is 0 Å². The Kier molecular flexibility index (Phi) is 5.47. The molecular weight excluding hydrogens is 276 g/mol. The van der Waals surface area contributed by atoms with Crippen molar-refractivity contribution in [3.05, 3.63) is 47.3 Å². The van der Waals surface area contributed by atoms with Gasteiger partial charge in [0.25, 0.3) is 0 Å². The largest absolute Gasteiger partial charge is 0.354 e. The summed E-state index contributed by atoms with van der Waals surface area (Å²) in [5.41, 5.74) is 3.85. The van der Waals surface area contributed by atoms with E-state index >= 15 is 0 Å². The fraction of sp³-hybridized carbons (Fsp3) is 0.353. The van der Waals surface area contributed by atoms with Gasteiger partial charge in [-0.15, -0.1) is 0 Å². The summed E-state index contributed by atoms with van der Waals surface area (Å²) in [6, 6.07) is 9.72. The SMILES string of the molecule is Cc1cccc(NC(=O)CCCNc2nc(C)cc(C)n2)c1. The van der Waals surface area contributed by atoms with Gasteiger partial charge in [0.15, 0.2) is 0 Å². The number of aromatic nitrogens is 2. The van der Waals surface area contributed by atoms with E-state index in [1.807, 2.05) is 51.1 Å². The Hall–Kier alpha value is -2.43. The second kappa shape index (κ2) is 7.54. The van der Waals surface area contributed by atoms with Crippen molar-refractivity contribution < 1.29 is 4.79 Å². The van der Waals surface area contributed by atoms with Crippen molar-refractivity contribution in [1.29, 1.82) is 0 Å². The second-order valence-corrected chi connectivity index (χ2v) is 5.42. The molecular formula is C17H22N4O. The smallest absolute Gasteiger partial charge is 0.224 e. The van der Waals surface area contributed by atoms with E-state index in [0.717, 1.165) is 29.1 Å². The Morgan fingerprint density at radius 2 is 1.82 bits per heavy atom. The Labute approximate surface area is 131 Å². The number of rotatable bonds is 6. The maximum absolute atomic E-state index is 11.9. The number of nitrogens with zero attached hydrogens (tertiary/aromatic N) is 2. The normalized spacial score (nSPS) is 10.3. The van der Waals surface area contributed by atoms with Crippen LogP contribution in [-0.2, 0) is 4.79 Å². The van der Waals surface area contributed by atoms with Crippen molar-refractivity contribution in [3.63, 3.8) is 0 Å². The van der Waals surface area contributed by atoms with Crippen LogP contribution in [0, 0.1) is 20.8 Å². The van der Waals surface area contributed by atoms with Crippen LogP contribution in [-0.4, -0.2) is 22.4 Å². The van der Waals surface area contributed by atoms with Crippen molar-refractivity contribution >= 4 is 17.5 Å². The molecule has 2 N–H and O–H groups in total. The third-order valence-electron chi connectivity index (χ3n) is 3.15. The van der Waals surface area contributed by atoms with Gasteiger partial charge in [-0.2, -0.15) is 0 Å². The van der Waals surface area contributed by atoms with Crippen molar-refractivity contribution in [2.75, 3.05) is 17.2 Å². The van der Waals surface area contributed by atoms with E-state index in [0.29, 0.717) is 18.9 Å². The number of hydrogen-bond acceptors (Lipinski definition) is 4. The summed E-state index contributed by atoms with van der Waals surface area (Å²) in [5, 5.41) is 6.05. The minimum absolute atomic E-state index is 0.0220. The number of amides is 1. The first kappa shape index (κ1) is 15.9. The minimum Gasteiger partial charge on any atom is -0.354 e. The molecule has 5 heteroatoms. The molecule has 1 amide bonds. The zero-order valence-corrected chi connectivity index (χ0v) is 13.3. The lowest BCUT2D eigenvalue weighted by Gasteiger charge is -2.08. The molecule has 2 aromatic rings. The number of carbonyl (C=O) groups excluding carboxylic acids is 1. The van der Waals surface area contributed by atoms with Gasteiger partial charge in [0.1, 0.15) is 0 Å². The standard InChI is InChI=1S/C17H22N4O/c1-12-6-4-7-15(10-12)21-16(22)8-5-9-18-17-19-13(2)11-14(3)20-17/h4,6-7,10-11H,5,8-9H2,1-3H3,(H,21,22)(H,18,19,20). The molecule has 0 unspecified atom stereocenters. The number of carbonyl (C=O) groups is 1. The number of nitrogens with one attached hydrogen (secondary N) is 2. The molecule has 0 spiro atoms. The van der Waals surface area contributed by atoms with Gasteiger partial charge < -0.3 is 10.6 Å². The molecule has 0 atom stereocenters. The number of hydrogen-bond donors (Lipinski definition) is 2. The molecule has 1 aromatic carbocycles. The highest BCUT2D eigenvalue weighted by molar-refractivity contribution is 5.90. The second-order valence-electron chi connectivity index (χ2n) is 5.42. The summed E-state index contributed by atoms with van der Waals surface area (Å²) < 4.78 is 0. The van der Waals surface area contributed by atoms with Gasteiger partial charge in [0.05, 0.1) is 0 Å². The van der Waals surface area contributed by atoms with Crippen LogP contribution in [0.1, 0.15) is 29.8 Å². The van der Waals surface area contributed by atoms with Crippen LogP contribution in [0.2, 0.25) is 0 Å². The van der Waals surface area contributed by atoms with Crippen molar-refractivity contribution in [2.24, 2.45) is 0 Å². The summed E-state index contributed by atoms with van der Waals surface area (Å²) in [5.74, 6) is 0.644. The van der Waals surface area contributed by atoms with Gasteiger partial charge in [-0.25, -0.2) is 9.97 Å². The van der Waals surface area contributed by atoms with Gasteiger partial charge in [0.2, 0.25) is 11.9 Å². The lowest BCUT2D eigenvalue weighted by molar-refractivity contribution is -0.116. The first-order chi connectivity index (χ1) is 10.5. The predicted molar refractivity (Wildman–Crippen MR) is 89.0 cm³/mol. The summed E-state index contributed by atoms with van der Waals surface area (Å²) in [6.45, 7) is 6.55. The zero-order valence-electron chi connectivity index (χ0n) is 13.3. The van der Waals surface area contributed by atoms with E-state index in [4.69, 9.17) is 0 Å². The van der Waals surface area contributed by atoms with Crippen LogP contribution in [0.3, 0.4) is 0 Å². The molecule has 0 radical (unpaired) electrons. The molecule has 1 heterocycles. The molecule has 0 saturated heterocycles. The molecule has 0 fully saturated rings. The lowest BCUT2D eigenvalue weighted by atomic mass is 10.2. The monoisotopic (exact) mass is 298 g/mol. The summed E-state index contributed by atoms with van der Waals surface area (Å²) in [6.07, 6.45) is 1.19. The van der Waals surface area contributed by atoms with E-state index < -0.39 is 0 Å². The Morgan fingerprint density at radius 1 is 1.09 bits per heavy atom. The quantitative estimate of drug-likeness (QED) is 0.803. The molecule has 0 aliphatic heterocycles. The van der Waals surface area contributed by atoms with Crippen LogP contribution in [0.25, 0.3) is 0 Å². The van der Waals surface area contributed by atoms with Crippen LogP contribution >= 0.6 is 0 Å². The third-order valence-corrected chi connectivity index (χ3v) is 3.15. The summed E-state index contributed by atoms with van der Waals surface area (Å²) >= 11 is 0. The number of benzene rings is 1. The summed E-state index contributed by atoms with van der Waals surface area (Å²) in [7, 11) is 0. The molecule has 0 aliphatic rings. The Bertz CT molecular complexity index is 635. The van der Waals surface area contributed by atoms with E-state index in [2.05, 4.69) is 20.6 Å². The molecule has 0 saturated carbocycles. The van der Waals surface area contributed by atoms with E-state index in [-0.39, 0.29) is 5.91 Å². The number of anilines is 2. The average Bonchev–Trinajstić information content (AvgIpc) is 2.42. The fourth-order valence-electron chi connectivity index (χ4n) is 2.20. The highest BCUT2D eigenvalue weighted by Crippen LogP contribution is 2.10. The van der Waals surface area contributed by atoms with Gasteiger partial charge in [-0.1, -0.05) is 12.1 Å².